The van der Waals surface area contributed by atoms with Crippen LogP contribution >= 0.6 is 0 Å². The predicted octanol–water partition coefficient (Wildman–Crippen LogP) is 1.73. The van der Waals surface area contributed by atoms with Crippen molar-refractivity contribution >= 4 is 27.6 Å². The Morgan fingerprint density at radius 3 is 2.50 bits per heavy atom. The van der Waals surface area contributed by atoms with Gasteiger partial charge in [0.15, 0.2) is 0 Å². The molecule has 0 saturated carbocycles. The molecule has 1 N–H and O–H groups in total. The number of fused-ring (bicyclic) bond motifs is 1. The van der Waals surface area contributed by atoms with Crippen LogP contribution in [0, 0.1) is 5.92 Å². The summed E-state index contributed by atoms with van der Waals surface area (Å²) in [6, 6.07) is 5.21. The van der Waals surface area contributed by atoms with E-state index in [0.717, 1.165) is 18.4 Å². The molecule has 1 aromatic carbocycles. The van der Waals surface area contributed by atoms with Crippen LogP contribution in [0.3, 0.4) is 0 Å². The Balaban J connectivity index is 1.73. The van der Waals surface area contributed by atoms with Crippen molar-refractivity contribution in [1.82, 2.24) is 4.90 Å². The monoisotopic (exact) mass is 380 g/mol. The molecule has 0 atom stereocenters. The van der Waals surface area contributed by atoms with Gasteiger partial charge in [-0.05, 0) is 55.4 Å². The van der Waals surface area contributed by atoms with Gasteiger partial charge in [-0.15, -0.1) is 0 Å². The summed E-state index contributed by atoms with van der Waals surface area (Å²) >= 11 is 0. The fraction of sp³-hybridized carbons (Fsp3) is 0.556. The highest BCUT2D eigenvalue weighted by atomic mass is 32.2. The van der Waals surface area contributed by atoms with Crippen LogP contribution in [0.25, 0.3) is 0 Å². The maximum atomic E-state index is 12.8. The van der Waals surface area contributed by atoms with Crippen molar-refractivity contribution in [2.75, 3.05) is 30.2 Å². The lowest BCUT2D eigenvalue weighted by Crippen LogP contribution is -2.39. The molecule has 8 heteroatoms. The zero-order valence-corrected chi connectivity index (χ0v) is 15.7. The van der Waals surface area contributed by atoms with Gasteiger partial charge in [-0.2, -0.15) is 0 Å². The number of hydrogen-bond donors (Lipinski definition) is 1. The van der Waals surface area contributed by atoms with Gasteiger partial charge in [-0.3, -0.25) is 13.9 Å². The van der Waals surface area contributed by atoms with Crippen LogP contribution < -0.4 is 4.31 Å². The summed E-state index contributed by atoms with van der Waals surface area (Å²) in [5.41, 5.74) is 2.11. The van der Waals surface area contributed by atoms with Crippen LogP contribution in [-0.4, -0.2) is 56.2 Å². The van der Waals surface area contributed by atoms with Crippen molar-refractivity contribution < 1.29 is 23.1 Å². The molecule has 0 aliphatic carbocycles. The van der Waals surface area contributed by atoms with Gasteiger partial charge in [0.05, 0.1) is 11.9 Å². The number of likely N-dealkylation sites (tertiary alicyclic amines) is 1. The Bertz CT molecular complexity index is 813. The van der Waals surface area contributed by atoms with Crippen molar-refractivity contribution in [3.05, 3.63) is 29.3 Å². The summed E-state index contributed by atoms with van der Waals surface area (Å²) in [6.07, 6.45) is 4.24. The second-order valence-corrected chi connectivity index (χ2v) is 9.02. The number of piperidine rings is 1. The van der Waals surface area contributed by atoms with Crippen LogP contribution in [0.1, 0.15) is 41.6 Å². The molecule has 2 heterocycles. The van der Waals surface area contributed by atoms with E-state index >= 15 is 0 Å². The van der Waals surface area contributed by atoms with Gasteiger partial charge < -0.3 is 10.0 Å². The summed E-state index contributed by atoms with van der Waals surface area (Å²) < 4.78 is 25.3. The summed E-state index contributed by atoms with van der Waals surface area (Å²) in [5, 5.41) is 8.88. The average Bonchev–Trinajstić information content (AvgIpc) is 2.59. The normalized spacial score (nSPS) is 18.5. The minimum absolute atomic E-state index is 0.0712. The van der Waals surface area contributed by atoms with Crippen molar-refractivity contribution in [3.8, 4) is 0 Å². The maximum Gasteiger partial charge on any atom is 0.303 e. The number of carboxylic acids is 1. The third-order valence-electron chi connectivity index (χ3n) is 5.17. The number of benzene rings is 1. The van der Waals surface area contributed by atoms with Crippen molar-refractivity contribution in [3.63, 3.8) is 0 Å². The average molecular weight is 380 g/mol. The van der Waals surface area contributed by atoms with Gasteiger partial charge in [0.1, 0.15) is 0 Å². The summed E-state index contributed by atoms with van der Waals surface area (Å²) in [5.74, 6) is -0.735. The Kier molecular flexibility index (Phi) is 5.22. The lowest BCUT2D eigenvalue weighted by Gasteiger charge is -2.32. The fourth-order valence-electron chi connectivity index (χ4n) is 3.81. The van der Waals surface area contributed by atoms with Crippen LogP contribution in [-0.2, 0) is 21.2 Å². The van der Waals surface area contributed by atoms with Gasteiger partial charge in [0.25, 0.3) is 5.91 Å². The van der Waals surface area contributed by atoms with Crippen LogP contribution in [0.4, 0.5) is 5.69 Å². The molecule has 0 radical (unpaired) electrons. The van der Waals surface area contributed by atoms with E-state index in [9.17, 15) is 18.0 Å². The number of sulfonamides is 1. The zero-order chi connectivity index (χ0) is 18.9. The highest BCUT2D eigenvalue weighted by molar-refractivity contribution is 7.92. The Morgan fingerprint density at radius 2 is 1.88 bits per heavy atom. The van der Waals surface area contributed by atoms with E-state index in [1.807, 2.05) is 0 Å². The number of aryl methyl sites for hydroxylation is 1. The molecular weight excluding hydrogens is 356 g/mol. The molecule has 142 valence electrons. The molecule has 0 bridgehead atoms. The lowest BCUT2D eigenvalue weighted by atomic mass is 9.93. The molecule has 1 saturated heterocycles. The predicted molar refractivity (Wildman–Crippen MR) is 97.8 cm³/mol. The molecule has 7 nitrogen and oxygen atoms in total. The van der Waals surface area contributed by atoms with E-state index in [-0.39, 0.29) is 18.2 Å². The molecule has 0 aromatic heterocycles. The lowest BCUT2D eigenvalue weighted by molar-refractivity contribution is -0.138. The molecule has 2 aliphatic rings. The first kappa shape index (κ1) is 18.7. The molecule has 2 aliphatic heterocycles. The summed E-state index contributed by atoms with van der Waals surface area (Å²) in [4.78, 5) is 25.3. The smallest absolute Gasteiger partial charge is 0.303 e. The Hall–Kier alpha value is -2.09. The van der Waals surface area contributed by atoms with Gasteiger partial charge in [-0.25, -0.2) is 8.42 Å². The third-order valence-corrected chi connectivity index (χ3v) is 6.35. The fourth-order valence-corrected chi connectivity index (χ4v) is 4.81. The number of carboxylic acid groups (broad SMARTS) is 1. The molecule has 0 unspecified atom stereocenters. The van der Waals surface area contributed by atoms with Gasteiger partial charge in [0.2, 0.25) is 10.0 Å². The standard InChI is InChI=1S/C18H24N2O5S/c1-26(24,25)20-8-2-3-14-12-15(4-5-16(14)20)18(23)19-9-6-13(7-10-19)11-17(21)22/h4-5,12-13H,2-3,6-11H2,1H3,(H,21,22). The van der Waals surface area contributed by atoms with E-state index in [0.29, 0.717) is 43.7 Å². The first-order valence-electron chi connectivity index (χ1n) is 8.87. The molecular formula is C18H24N2O5S. The molecule has 26 heavy (non-hydrogen) atoms. The van der Waals surface area contributed by atoms with Crippen molar-refractivity contribution in [2.24, 2.45) is 5.92 Å². The van der Waals surface area contributed by atoms with Gasteiger partial charge in [-0.1, -0.05) is 0 Å². The number of rotatable bonds is 4. The number of carbonyl (C=O) groups excluding carboxylic acids is 1. The number of carbonyl (C=O) groups is 2. The van der Waals surface area contributed by atoms with Crippen LogP contribution in [0.5, 0.6) is 0 Å². The van der Waals surface area contributed by atoms with Gasteiger partial charge in [0, 0.05) is 31.6 Å². The highest BCUT2D eigenvalue weighted by Crippen LogP contribution is 2.30. The molecule has 1 fully saturated rings. The Morgan fingerprint density at radius 1 is 1.19 bits per heavy atom. The summed E-state index contributed by atoms with van der Waals surface area (Å²) in [7, 11) is -3.32. The first-order chi connectivity index (χ1) is 12.3. The Labute approximate surface area is 153 Å². The van der Waals surface area contributed by atoms with E-state index in [4.69, 9.17) is 5.11 Å². The molecule has 1 aromatic rings. The van der Waals surface area contributed by atoms with Crippen molar-refractivity contribution in [2.45, 2.75) is 32.1 Å². The van der Waals surface area contributed by atoms with Crippen LogP contribution in [0.2, 0.25) is 0 Å². The van der Waals surface area contributed by atoms with E-state index in [1.54, 1.807) is 23.1 Å². The quantitative estimate of drug-likeness (QED) is 0.858. The van der Waals surface area contributed by atoms with E-state index < -0.39 is 16.0 Å². The van der Waals surface area contributed by atoms with Crippen molar-refractivity contribution in [1.29, 1.82) is 0 Å². The zero-order valence-electron chi connectivity index (χ0n) is 14.8. The molecule has 0 spiro atoms. The number of amides is 1. The topological polar surface area (TPSA) is 95.0 Å². The first-order valence-corrected chi connectivity index (χ1v) is 10.7. The SMILES string of the molecule is CS(=O)(=O)N1CCCc2cc(C(=O)N3CCC(CC(=O)O)CC3)ccc21. The second kappa shape index (κ2) is 7.26. The highest BCUT2D eigenvalue weighted by Gasteiger charge is 2.28. The third kappa shape index (κ3) is 4.00. The largest absolute Gasteiger partial charge is 0.481 e. The second-order valence-electron chi connectivity index (χ2n) is 7.12. The molecule has 1 amide bonds. The number of aliphatic carboxylic acids is 1. The number of anilines is 1. The molecule has 3 rings (SSSR count). The summed E-state index contributed by atoms with van der Waals surface area (Å²) in [6.45, 7) is 1.59. The minimum atomic E-state index is -3.32. The number of nitrogens with zero attached hydrogens (tertiary/aromatic N) is 2. The maximum absolute atomic E-state index is 12.8. The van der Waals surface area contributed by atoms with E-state index in [2.05, 4.69) is 0 Å². The van der Waals surface area contributed by atoms with E-state index in [1.165, 1.54) is 10.6 Å². The van der Waals surface area contributed by atoms with Crippen LogP contribution in [0.15, 0.2) is 18.2 Å². The van der Waals surface area contributed by atoms with Gasteiger partial charge >= 0.3 is 5.97 Å². The minimum Gasteiger partial charge on any atom is -0.481 e. The number of hydrogen-bond acceptors (Lipinski definition) is 4.